The highest BCUT2D eigenvalue weighted by atomic mass is 19.1. The largest absolute Gasteiger partial charge is 0.496 e. The molecule has 6 nitrogen and oxygen atoms in total. The van der Waals surface area contributed by atoms with Gasteiger partial charge in [0.2, 0.25) is 0 Å². The highest BCUT2D eigenvalue weighted by molar-refractivity contribution is 6.07. The summed E-state index contributed by atoms with van der Waals surface area (Å²) in [6.07, 6.45) is 2.14. The molecular formula is C26H26FN3O3. The standard InChI is InChI=1S/C26H26FN3O3/c1-33-24-7-3-2-6-21(24)26(32)29-20-12-13-23(30-14-4-5-15-30)22(16-20)25(31)28-17-18-8-10-19(27)11-9-18/h2-3,6-13,16H,4-5,14-15,17H2,1H3,(H,28,31)(H,29,32). The van der Waals surface area contributed by atoms with Gasteiger partial charge in [-0.05, 0) is 60.9 Å². The lowest BCUT2D eigenvalue weighted by molar-refractivity contribution is 0.0950. The van der Waals surface area contributed by atoms with E-state index >= 15 is 0 Å². The molecule has 3 aromatic carbocycles. The molecule has 1 aliphatic rings. The topological polar surface area (TPSA) is 70.7 Å². The summed E-state index contributed by atoms with van der Waals surface area (Å²) in [5.41, 5.74) is 3.04. The number of nitrogens with one attached hydrogen (secondary N) is 2. The van der Waals surface area contributed by atoms with E-state index in [2.05, 4.69) is 15.5 Å². The number of halogens is 1. The average Bonchev–Trinajstić information content (AvgIpc) is 3.38. The first-order chi connectivity index (χ1) is 16.0. The smallest absolute Gasteiger partial charge is 0.259 e. The van der Waals surface area contributed by atoms with Crippen LogP contribution in [-0.2, 0) is 6.54 Å². The second-order valence-corrected chi connectivity index (χ2v) is 7.89. The van der Waals surface area contributed by atoms with Crippen LogP contribution in [0.4, 0.5) is 15.8 Å². The molecule has 0 bridgehead atoms. The van der Waals surface area contributed by atoms with Crippen molar-refractivity contribution in [2.45, 2.75) is 19.4 Å². The van der Waals surface area contributed by atoms with Crippen molar-refractivity contribution in [3.63, 3.8) is 0 Å². The van der Waals surface area contributed by atoms with Crippen molar-refractivity contribution in [1.29, 1.82) is 0 Å². The molecule has 33 heavy (non-hydrogen) atoms. The summed E-state index contributed by atoms with van der Waals surface area (Å²) in [6.45, 7) is 2.03. The molecule has 2 amide bonds. The Labute approximate surface area is 192 Å². The Morgan fingerprint density at radius 1 is 0.939 bits per heavy atom. The summed E-state index contributed by atoms with van der Waals surface area (Å²) in [6, 6.07) is 18.3. The Hall–Kier alpha value is -3.87. The second-order valence-electron chi connectivity index (χ2n) is 7.89. The molecule has 0 atom stereocenters. The van der Waals surface area contributed by atoms with Crippen LogP contribution in [-0.4, -0.2) is 32.0 Å². The van der Waals surface area contributed by atoms with E-state index < -0.39 is 0 Å². The Morgan fingerprint density at radius 2 is 1.67 bits per heavy atom. The van der Waals surface area contributed by atoms with Crippen LogP contribution in [0.1, 0.15) is 39.1 Å². The van der Waals surface area contributed by atoms with Gasteiger partial charge in [-0.1, -0.05) is 24.3 Å². The van der Waals surface area contributed by atoms with Gasteiger partial charge in [-0.25, -0.2) is 4.39 Å². The van der Waals surface area contributed by atoms with E-state index in [1.165, 1.54) is 19.2 Å². The summed E-state index contributed by atoms with van der Waals surface area (Å²) < 4.78 is 18.4. The fourth-order valence-electron chi connectivity index (χ4n) is 3.94. The van der Waals surface area contributed by atoms with Crippen LogP contribution >= 0.6 is 0 Å². The molecule has 0 radical (unpaired) electrons. The molecule has 4 rings (SSSR count). The van der Waals surface area contributed by atoms with E-state index in [1.54, 1.807) is 48.5 Å². The molecule has 0 unspecified atom stereocenters. The fraction of sp³-hybridized carbons (Fsp3) is 0.231. The zero-order chi connectivity index (χ0) is 23.2. The average molecular weight is 448 g/mol. The van der Waals surface area contributed by atoms with Crippen molar-refractivity contribution >= 4 is 23.2 Å². The molecule has 1 saturated heterocycles. The predicted molar refractivity (Wildman–Crippen MR) is 126 cm³/mol. The number of para-hydroxylation sites is 1. The first-order valence-corrected chi connectivity index (χ1v) is 10.9. The predicted octanol–water partition coefficient (Wildman–Crippen LogP) is 4.62. The highest BCUT2D eigenvalue weighted by Gasteiger charge is 2.21. The zero-order valence-corrected chi connectivity index (χ0v) is 18.4. The maximum Gasteiger partial charge on any atom is 0.259 e. The number of ether oxygens (including phenoxy) is 1. The maximum atomic E-state index is 13.2. The van der Waals surface area contributed by atoms with E-state index in [-0.39, 0.29) is 24.2 Å². The number of nitrogens with zero attached hydrogens (tertiary/aromatic N) is 1. The number of methoxy groups -OCH3 is 1. The third-order valence-corrected chi connectivity index (χ3v) is 5.66. The number of benzene rings is 3. The Kier molecular flexibility index (Phi) is 6.88. The van der Waals surface area contributed by atoms with Gasteiger partial charge in [0, 0.05) is 31.0 Å². The van der Waals surface area contributed by atoms with Crippen molar-refractivity contribution in [3.05, 3.63) is 89.2 Å². The van der Waals surface area contributed by atoms with E-state index in [0.29, 0.717) is 22.6 Å². The van der Waals surface area contributed by atoms with Crippen molar-refractivity contribution < 1.29 is 18.7 Å². The van der Waals surface area contributed by atoms with E-state index in [0.717, 1.165) is 37.2 Å². The lowest BCUT2D eigenvalue weighted by Gasteiger charge is -2.22. The number of carbonyl (C=O) groups excluding carboxylic acids is 2. The van der Waals surface area contributed by atoms with Gasteiger partial charge in [-0.2, -0.15) is 0 Å². The molecule has 0 aliphatic carbocycles. The molecule has 170 valence electrons. The Morgan fingerprint density at radius 3 is 2.39 bits per heavy atom. The third kappa shape index (κ3) is 5.31. The molecular weight excluding hydrogens is 421 g/mol. The molecule has 2 N–H and O–H groups in total. The van der Waals surface area contributed by atoms with Gasteiger partial charge in [0.05, 0.1) is 18.2 Å². The lowest BCUT2D eigenvalue weighted by atomic mass is 10.1. The molecule has 1 aliphatic heterocycles. The van der Waals surface area contributed by atoms with Gasteiger partial charge in [-0.3, -0.25) is 9.59 Å². The van der Waals surface area contributed by atoms with Crippen molar-refractivity contribution in [1.82, 2.24) is 5.32 Å². The molecule has 0 spiro atoms. The van der Waals surface area contributed by atoms with Crippen LogP contribution in [0.15, 0.2) is 66.7 Å². The van der Waals surface area contributed by atoms with Gasteiger partial charge in [-0.15, -0.1) is 0 Å². The number of amides is 2. The summed E-state index contributed by atoms with van der Waals surface area (Å²) in [5.74, 6) is -0.422. The molecule has 0 aromatic heterocycles. The fourth-order valence-corrected chi connectivity index (χ4v) is 3.94. The van der Waals surface area contributed by atoms with E-state index in [9.17, 15) is 14.0 Å². The van der Waals surface area contributed by atoms with Crippen LogP contribution in [0.5, 0.6) is 5.75 Å². The normalized spacial score (nSPS) is 13.0. The Balaban J connectivity index is 1.56. The second kappa shape index (κ2) is 10.2. The van der Waals surface area contributed by atoms with Crippen LogP contribution in [0.25, 0.3) is 0 Å². The molecule has 1 heterocycles. The minimum atomic E-state index is -0.320. The summed E-state index contributed by atoms with van der Waals surface area (Å²) in [7, 11) is 1.51. The quantitative estimate of drug-likeness (QED) is 0.555. The highest BCUT2D eigenvalue weighted by Crippen LogP contribution is 2.28. The van der Waals surface area contributed by atoms with Crippen molar-refractivity contribution in [2.75, 3.05) is 30.4 Å². The number of hydrogen-bond acceptors (Lipinski definition) is 4. The number of rotatable bonds is 7. The van der Waals surface area contributed by atoms with Crippen molar-refractivity contribution in [3.8, 4) is 5.75 Å². The van der Waals surface area contributed by atoms with Crippen LogP contribution in [0, 0.1) is 5.82 Å². The summed E-state index contributed by atoms with van der Waals surface area (Å²) in [5, 5.41) is 5.78. The van der Waals surface area contributed by atoms with Gasteiger partial charge >= 0.3 is 0 Å². The van der Waals surface area contributed by atoms with Crippen molar-refractivity contribution in [2.24, 2.45) is 0 Å². The number of hydrogen-bond donors (Lipinski definition) is 2. The van der Waals surface area contributed by atoms with Gasteiger partial charge in [0.1, 0.15) is 11.6 Å². The van der Waals surface area contributed by atoms with Gasteiger partial charge in [0.15, 0.2) is 0 Å². The first-order valence-electron chi connectivity index (χ1n) is 10.9. The van der Waals surface area contributed by atoms with Gasteiger partial charge < -0.3 is 20.3 Å². The summed E-state index contributed by atoms with van der Waals surface area (Å²) in [4.78, 5) is 28.1. The van der Waals surface area contributed by atoms with Crippen LogP contribution in [0.2, 0.25) is 0 Å². The first kappa shape index (κ1) is 22.3. The third-order valence-electron chi connectivity index (χ3n) is 5.66. The SMILES string of the molecule is COc1ccccc1C(=O)Nc1ccc(N2CCCC2)c(C(=O)NCc2ccc(F)cc2)c1. The monoisotopic (exact) mass is 447 g/mol. The van der Waals surface area contributed by atoms with Gasteiger partial charge in [0.25, 0.3) is 11.8 Å². The minimum Gasteiger partial charge on any atom is -0.496 e. The number of carbonyl (C=O) groups is 2. The number of anilines is 2. The minimum absolute atomic E-state index is 0.255. The molecule has 7 heteroatoms. The van der Waals surface area contributed by atoms with Crippen LogP contribution < -0.4 is 20.3 Å². The zero-order valence-electron chi connectivity index (χ0n) is 18.4. The van der Waals surface area contributed by atoms with Crippen LogP contribution in [0.3, 0.4) is 0 Å². The Bertz CT molecular complexity index is 1140. The van der Waals surface area contributed by atoms with E-state index in [4.69, 9.17) is 4.74 Å². The lowest BCUT2D eigenvalue weighted by Crippen LogP contribution is -2.27. The molecule has 3 aromatic rings. The molecule has 0 saturated carbocycles. The van der Waals surface area contributed by atoms with E-state index in [1.807, 2.05) is 6.07 Å². The maximum absolute atomic E-state index is 13.2. The summed E-state index contributed by atoms with van der Waals surface area (Å²) >= 11 is 0. The molecule has 1 fully saturated rings.